The number of hydrogen-bond donors (Lipinski definition) is 5. The predicted molar refractivity (Wildman–Crippen MR) is 391 cm³/mol. The molecule has 0 saturated heterocycles. The molecule has 2 aromatic rings. The molecule has 0 bridgehead atoms. The summed E-state index contributed by atoms with van der Waals surface area (Å²) in [6, 6.07) is 4.01. The van der Waals surface area contributed by atoms with Crippen LogP contribution in [0.1, 0.15) is 243 Å². The fourth-order valence-corrected chi connectivity index (χ4v) is 27.3. The third kappa shape index (κ3) is 15.0. The summed E-state index contributed by atoms with van der Waals surface area (Å²) in [6.07, 6.45) is 32.6. The molecule has 0 aromatic carbocycles. The van der Waals surface area contributed by atoms with Gasteiger partial charge in [-0.05, 0) is 303 Å². The SMILES string of the molecule is C.CO.COC[C@@H]1C[C@H]2C[C@](C)(O)CC[C@]2(C)[C@H]2CC[C@]3(C)[C@@H](C(=O)CBr)CC[C@H]3[C@H]12.COC[C@@H]1C[C@H]2C[C@](C)(O)CC[C@]2(C)[C@H]2CC[C@]3(C)[C@@H](C(=O)Cn4cc(C#N)cn4)CC[C@H]3[C@H]12.COC[C@@H]1C[C@H]2C[C@](C)(O)CC[C@]2(C)[C@H]2CC[C@]3(C)[C@@H](C(C)=O)CC[C@H]3[C@H]12.N#Cc1cn[nH]c1.[HH]. The van der Waals surface area contributed by atoms with Crippen LogP contribution in [0.2, 0.25) is 0 Å². The van der Waals surface area contributed by atoms with Crippen LogP contribution in [0.25, 0.3) is 0 Å². The molecular weight excluding hydrogens is 1310 g/mol. The van der Waals surface area contributed by atoms with Crippen molar-refractivity contribution in [3.05, 3.63) is 35.9 Å². The minimum atomic E-state index is -0.541. The number of aromatic amines is 1. The average molecular weight is 1440 g/mol. The predicted octanol–water partition coefficient (Wildman–Crippen LogP) is 15.5. The number of fused-ring (bicyclic) bond motifs is 15. The zero-order valence-electron chi connectivity index (χ0n) is 62.6. The number of alkyl halides is 1. The lowest BCUT2D eigenvalue weighted by Crippen LogP contribution is -2.59. The molecule has 12 saturated carbocycles. The van der Waals surface area contributed by atoms with Crippen LogP contribution in [0.15, 0.2) is 24.8 Å². The topological polar surface area (TPSA) is 254 Å². The summed E-state index contributed by atoms with van der Waals surface area (Å²) in [5, 5.41) is 67.4. The van der Waals surface area contributed by atoms with Crippen molar-refractivity contribution < 1.29 is 50.4 Å². The number of methoxy groups -OCH3 is 3. The Balaban J connectivity index is 0.000000179. The standard InChI is InChI=1S/C28H41N3O3.C24H39BrO3.C24H40O3.C4H3N3.CH4O.CH4.H2/c1-26(33)9-10-27(2)20(12-26)11-19(17-34-4)25-22-6-5-21(28(22,3)8-7-23(25)27)24(32)16-31-15-18(13-29)14-30-31;1-22(27)9-10-23(2)16(12-22)11-15(14-28-4)21-18-6-5-17(20(26)13-25)24(18,3)8-7-19(21)23;1-15(25)18-6-7-19-21-16(14-27-5)12-17-13-22(2,26)10-11-23(17,3)20(21)8-9-24(18,19)4;5-1-4-2-6-7-3-4;1-2;;/h14-15,19-23,25,33H,5-12,16-17H2,1-4H3;15-19,21,27H,5-14H2,1-4H3;16-21,26H,6-14H2,1-5H3;2-3H,(H,6,7);2H,1H3;1H4;1H/t19-,20-,21+,22-,23-,25-,26+,27-,28+;15-,16-,17+,18-,19-,21-,22+,23-,24+;16-,17-,18+,19-,20-,21-,22+,23-,24+;;;;/m000..../s1. The van der Waals surface area contributed by atoms with Crippen LogP contribution < -0.4 is 0 Å². The van der Waals surface area contributed by atoms with E-state index in [0.717, 1.165) is 135 Å². The Bertz CT molecular complexity index is 3160. The molecule has 2 aromatic heterocycles. The monoisotopic (exact) mass is 1440 g/mol. The summed E-state index contributed by atoms with van der Waals surface area (Å²) in [5.74, 6) is 11.0. The summed E-state index contributed by atoms with van der Waals surface area (Å²) in [7, 11) is 6.50. The third-order valence-electron chi connectivity index (χ3n) is 31.6. The van der Waals surface area contributed by atoms with Gasteiger partial charge in [0.25, 0.3) is 0 Å². The van der Waals surface area contributed by atoms with Crippen molar-refractivity contribution in [1.82, 2.24) is 20.0 Å². The minimum Gasteiger partial charge on any atom is -0.400 e. The molecule has 0 unspecified atom stereocenters. The van der Waals surface area contributed by atoms with E-state index in [-0.39, 0.29) is 60.6 Å². The molecule has 2 heterocycles. The van der Waals surface area contributed by atoms with Crippen LogP contribution in [0.4, 0.5) is 0 Å². The Morgan fingerprint density at radius 2 is 0.889 bits per heavy atom. The van der Waals surface area contributed by atoms with E-state index in [1.165, 1.54) is 70.2 Å². The summed E-state index contributed by atoms with van der Waals surface area (Å²) in [5.41, 5.74) is 0.904. The molecule has 0 radical (unpaired) electrons. The molecule has 0 spiro atoms. The number of aliphatic hydroxyl groups is 4. The van der Waals surface area contributed by atoms with Gasteiger partial charge in [-0.25, -0.2) is 0 Å². The van der Waals surface area contributed by atoms with Gasteiger partial charge in [0.2, 0.25) is 0 Å². The Morgan fingerprint density at radius 1 is 0.535 bits per heavy atom. The molecule has 0 aliphatic heterocycles. The molecule has 12 aliphatic carbocycles. The Kier molecular flexibility index (Phi) is 24.9. The van der Waals surface area contributed by atoms with Gasteiger partial charge in [0, 0.05) is 79.8 Å². The lowest BCUT2D eigenvalue weighted by atomic mass is 9.42. The first-order valence-corrected chi connectivity index (χ1v) is 39.5. The number of halogens is 1. The van der Waals surface area contributed by atoms with Crippen LogP contribution in [0.3, 0.4) is 0 Å². The van der Waals surface area contributed by atoms with Crippen LogP contribution >= 0.6 is 15.9 Å². The maximum atomic E-state index is 13.5. The number of carbonyl (C=O) groups is 3. The molecule has 17 heteroatoms. The number of aliphatic hydroxyl groups excluding tert-OH is 1. The highest BCUT2D eigenvalue weighted by Crippen LogP contribution is 2.73. The molecule has 5 N–H and O–H groups in total. The largest absolute Gasteiger partial charge is 0.400 e. The van der Waals surface area contributed by atoms with Gasteiger partial charge in [0.15, 0.2) is 5.78 Å². The lowest BCUT2D eigenvalue weighted by Gasteiger charge is -2.64. The van der Waals surface area contributed by atoms with E-state index < -0.39 is 16.8 Å². The van der Waals surface area contributed by atoms with Crippen molar-refractivity contribution in [2.75, 3.05) is 53.6 Å². The zero-order valence-corrected chi connectivity index (χ0v) is 64.1. The molecular formula is C82H133BrN6O10. The van der Waals surface area contributed by atoms with Crippen LogP contribution in [-0.2, 0) is 35.1 Å². The third-order valence-corrected chi connectivity index (χ3v) is 32.2. The summed E-state index contributed by atoms with van der Waals surface area (Å²) in [4.78, 5) is 38.6. The van der Waals surface area contributed by atoms with Crippen LogP contribution in [-0.4, -0.2) is 128 Å². The lowest BCUT2D eigenvalue weighted by molar-refractivity contribution is -0.175. The second kappa shape index (κ2) is 31.0. The molecule has 558 valence electrons. The highest BCUT2D eigenvalue weighted by Gasteiger charge is 2.68. The minimum absolute atomic E-state index is 0. The Hall–Kier alpha value is -3.39. The molecule has 27 atom stereocenters. The number of hydrogen-bond acceptors (Lipinski definition) is 14. The number of carbonyl (C=O) groups excluding carboxylic acids is 3. The number of nitrogens with zero attached hydrogens (tertiary/aromatic N) is 5. The maximum absolute atomic E-state index is 13.5. The van der Waals surface area contributed by atoms with Gasteiger partial charge in [-0.1, -0.05) is 64.9 Å². The van der Waals surface area contributed by atoms with E-state index in [2.05, 4.69) is 78.8 Å². The number of ketones is 3. The molecule has 12 aliphatic rings. The maximum Gasteiger partial charge on any atom is 0.157 e. The van der Waals surface area contributed by atoms with Crippen molar-refractivity contribution in [2.45, 2.75) is 254 Å². The number of H-pyrrole nitrogens is 1. The highest BCUT2D eigenvalue weighted by atomic mass is 79.9. The van der Waals surface area contributed by atoms with Crippen molar-refractivity contribution >= 4 is 33.3 Å². The summed E-state index contributed by atoms with van der Waals surface area (Å²) >= 11 is 3.44. The summed E-state index contributed by atoms with van der Waals surface area (Å²) < 4.78 is 18.9. The second-order valence-electron chi connectivity index (χ2n) is 36.8. The molecule has 16 nitrogen and oxygen atoms in total. The van der Waals surface area contributed by atoms with Gasteiger partial charge in [0.05, 0.1) is 52.2 Å². The average Bonchev–Trinajstić information content (AvgIpc) is 1.32. The van der Waals surface area contributed by atoms with Crippen molar-refractivity contribution in [2.24, 2.45) is 139 Å². The Labute approximate surface area is 605 Å². The van der Waals surface area contributed by atoms with Gasteiger partial charge in [-0.2, -0.15) is 20.7 Å². The first kappa shape index (κ1) is 79.7. The van der Waals surface area contributed by atoms with Gasteiger partial charge >= 0.3 is 0 Å². The van der Waals surface area contributed by atoms with Crippen LogP contribution in [0.5, 0.6) is 0 Å². The molecule has 14 rings (SSSR count). The zero-order chi connectivity index (χ0) is 71.3. The molecule has 99 heavy (non-hydrogen) atoms. The number of Topliss-reactive ketones (excluding diaryl/α,β-unsaturated/α-hetero) is 3. The van der Waals surface area contributed by atoms with Crippen LogP contribution in [0, 0.1) is 162 Å². The smallest absolute Gasteiger partial charge is 0.157 e. The van der Waals surface area contributed by atoms with Gasteiger partial charge in [-0.15, -0.1) is 0 Å². The van der Waals surface area contributed by atoms with Gasteiger partial charge in [0.1, 0.15) is 23.7 Å². The Morgan fingerprint density at radius 3 is 1.20 bits per heavy atom. The number of ether oxygens (including phenoxy) is 3. The van der Waals surface area contributed by atoms with Gasteiger partial charge < -0.3 is 34.6 Å². The molecule has 0 amide bonds. The quantitative estimate of drug-likeness (QED) is 0.124. The van der Waals surface area contributed by atoms with Crippen molar-refractivity contribution in [1.29, 1.82) is 10.5 Å². The first-order valence-electron chi connectivity index (χ1n) is 38.3. The van der Waals surface area contributed by atoms with E-state index in [1.54, 1.807) is 17.1 Å². The highest BCUT2D eigenvalue weighted by molar-refractivity contribution is 9.09. The number of aromatic nitrogens is 4. The van der Waals surface area contributed by atoms with Crippen molar-refractivity contribution in [3.8, 4) is 12.1 Å². The fourth-order valence-electron chi connectivity index (χ4n) is 26.9. The van der Waals surface area contributed by atoms with Crippen molar-refractivity contribution in [3.63, 3.8) is 0 Å². The first-order chi connectivity index (χ1) is 46.3. The van der Waals surface area contributed by atoms with E-state index in [0.29, 0.717) is 116 Å². The number of nitriles is 2. The normalized spacial score (nSPS) is 46.3. The fraction of sp³-hybridized carbons (Fsp3) is 0.866. The van der Waals surface area contributed by atoms with Gasteiger partial charge in [-0.3, -0.25) is 24.2 Å². The van der Waals surface area contributed by atoms with E-state index in [9.17, 15) is 29.7 Å². The second-order valence-corrected chi connectivity index (χ2v) is 37.3. The summed E-state index contributed by atoms with van der Waals surface area (Å²) in [6.45, 7) is 25.5. The number of rotatable bonds is 12. The van der Waals surface area contributed by atoms with E-state index in [4.69, 9.17) is 29.8 Å². The van der Waals surface area contributed by atoms with E-state index >= 15 is 0 Å². The van der Waals surface area contributed by atoms with E-state index in [1.807, 2.05) is 55.1 Å². The number of nitrogens with one attached hydrogen (secondary N) is 1. The molecule has 12 fully saturated rings.